The van der Waals surface area contributed by atoms with Crippen LogP contribution < -0.4 is 4.74 Å². The molecule has 0 unspecified atom stereocenters. The molecule has 1 heterocycles. The van der Waals surface area contributed by atoms with Gasteiger partial charge in [-0.1, -0.05) is 66.4 Å². The number of carbonyl (C=O) groups excluding carboxylic acids is 3. The Labute approximate surface area is 196 Å². The molecule has 1 aliphatic rings. The first-order chi connectivity index (χ1) is 15.4. The summed E-state index contributed by atoms with van der Waals surface area (Å²) in [5.41, 5.74) is 1.77. The second-order valence-corrected chi connectivity index (χ2v) is 8.61. The molecular weight excluding hydrogens is 448 g/mol. The van der Waals surface area contributed by atoms with Crippen LogP contribution in [0.15, 0.2) is 59.5 Å². The van der Waals surface area contributed by atoms with E-state index in [-0.39, 0.29) is 22.7 Å². The van der Waals surface area contributed by atoms with E-state index in [1.165, 1.54) is 9.80 Å². The summed E-state index contributed by atoms with van der Waals surface area (Å²) in [4.78, 5) is 40.2. The lowest BCUT2D eigenvalue weighted by atomic mass is 10.2. The van der Waals surface area contributed by atoms with Gasteiger partial charge in [0.2, 0.25) is 0 Å². The van der Waals surface area contributed by atoms with Crippen molar-refractivity contribution in [1.29, 1.82) is 0 Å². The van der Waals surface area contributed by atoms with Gasteiger partial charge in [0.05, 0.1) is 12.0 Å². The van der Waals surface area contributed by atoms with E-state index in [9.17, 15) is 14.4 Å². The number of ether oxygens (including phenoxy) is 2. The molecule has 0 atom stereocenters. The molecule has 2 amide bonds. The Balaban J connectivity index is 1.52. The number of methoxy groups -OCH3 is 1. The van der Waals surface area contributed by atoms with Gasteiger partial charge in [0, 0.05) is 13.6 Å². The minimum Gasteiger partial charge on any atom is -0.497 e. The van der Waals surface area contributed by atoms with Gasteiger partial charge in [0.15, 0.2) is 6.61 Å². The summed E-state index contributed by atoms with van der Waals surface area (Å²) in [6.45, 7) is -0.346. The Hall–Kier alpha value is -3.17. The number of esters is 1. The van der Waals surface area contributed by atoms with Gasteiger partial charge < -0.3 is 14.4 Å². The highest BCUT2D eigenvalue weighted by Crippen LogP contribution is 2.32. The van der Waals surface area contributed by atoms with Crippen molar-refractivity contribution < 1.29 is 23.9 Å². The molecule has 0 bridgehead atoms. The van der Waals surface area contributed by atoms with Crippen LogP contribution in [0.1, 0.15) is 11.1 Å². The van der Waals surface area contributed by atoms with Gasteiger partial charge in [0.25, 0.3) is 11.8 Å². The van der Waals surface area contributed by atoms with Gasteiger partial charge in [0.1, 0.15) is 16.6 Å². The largest absolute Gasteiger partial charge is 0.497 e. The third kappa shape index (κ3) is 6.18. The van der Waals surface area contributed by atoms with Crippen LogP contribution in [0, 0.1) is 0 Å². The SMILES string of the molecule is COc1ccc(C=C2SC(=S)N(CC(=O)OCC(=O)N(C)Cc3ccccc3)C2=O)cc1. The zero-order valence-corrected chi connectivity index (χ0v) is 19.3. The Bertz CT molecular complexity index is 1040. The highest BCUT2D eigenvalue weighted by atomic mass is 32.2. The van der Waals surface area contributed by atoms with Crippen LogP contribution in [0.5, 0.6) is 5.75 Å². The fourth-order valence-electron chi connectivity index (χ4n) is 2.86. The van der Waals surface area contributed by atoms with Gasteiger partial charge in [-0.25, -0.2) is 0 Å². The molecule has 1 saturated heterocycles. The molecule has 2 aromatic carbocycles. The van der Waals surface area contributed by atoms with Crippen LogP contribution in [0.3, 0.4) is 0 Å². The van der Waals surface area contributed by atoms with Crippen LogP contribution in [-0.2, 0) is 25.7 Å². The molecule has 0 N–H and O–H groups in total. The Morgan fingerprint density at radius 1 is 1.12 bits per heavy atom. The average molecular weight is 471 g/mol. The summed E-state index contributed by atoms with van der Waals surface area (Å²) in [5.74, 6) is -0.706. The maximum Gasteiger partial charge on any atom is 0.326 e. The number of benzene rings is 2. The van der Waals surface area contributed by atoms with E-state index in [1.54, 1.807) is 32.4 Å². The van der Waals surface area contributed by atoms with Crippen molar-refractivity contribution >= 4 is 52.2 Å². The number of rotatable bonds is 8. The minimum absolute atomic E-state index is 0.263. The van der Waals surface area contributed by atoms with Crippen molar-refractivity contribution in [2.24, 2.45) is 0 Å². The first-order valence-electron chi connectivity index (χ1n) is 9.70. The Kier molecular flexibility index (Phi) is 8.02. The molecule has 2 aromatic rings. The number of hydrogen-bond acceptors (Lipinski definition) is 7. The molecule has 1 aliphatic heterocycles. The monoisotopic (exact) mass is 470 g/mol. The van der Waals surface area contributed by atoms with Crippen molar-refractivity contribution in [3.63, 3.8) is 0 Å². The number of amides is 2. The molecule has 0 aliphatic carbocycles. The quantitative estimate of drug-likeness (QED) is 0.333. The summed E-state index contributed by atoms with van der Waals surface area (Å²) in [7, 11) is 3.21. The first-order valence-corrected chi connectivity index (χ1v) is 10.9. The van der Waals surface area contributed by atoms with Gasteiger partial charge in [-0.3, -0.25) is 19.3 Å². The van der Waals surface area contributed by atoms with E-state index in [0.29, 0.717) is 17.2 Å². The lowest BCUT2D eigenvalue weighted by Gasteiger charge is -2.18. The molecule has 0 saturated carbocycles. The minimum atomic E-state index is -0.701. The third-order valence-corrected chi connectivity index (χ3v) is 6.00. The molecule has 32 heavy (non-hydrogen) atoms. The smallest absolute Gasteiger partial charge is 0.326 e. The van der Waals surface area contributed by atoms with Gasteiger partial charge >= 0.3 is 5.97 Å². The van der Waals surface area contributed by atoms with E-state index in [2.05, 4.69) is 0 Å². The Morgan fingerprint density at radius 3 is 2.47 bits per heavy atom. The fraction of sp³-hybridized carbons (Fsp3) is 0.217. The van der Waals surface area contributed by atoms with Crippen molar-refractivity contribution in [2.45, 2.75) is 6.54 Å². The molecule has 3 rings (SSSR count). The second-order valence-electron chi connectivity index (χ2n) is 6.94. The van der Waals surface area contributed by atoms with Crippen molar-refractivity contribution in [3.8, 4) is 5.75 Å². The predicted molar refractivity (Wildman–Crippen MR) is 127 cm³/mol. The van der Waals surface area contributed by atoms with Crippen molar-refractivity contribution in [3.05, 3.63) is 70.6 Å². The number of thioether (sulfide) groups is 1. The summed E-state index contributed by atoms with van der Waals surface area (Å²) >= 11 is 6.36. The van der Waals surface area contributed by atoms with E-state index in [0.717, 1.165) is 22.9 Å². The zero-order valence-electron chi connectivity index (χ0n) is 17.6. The lowest BCUT2D eigenvalue weighted by molar-refractivity contribution is -0.152. The fourth-order valence-corrected chi connectivity index (χ4v) is 4.12. The van der Waals surface area contributed by atoms with E-state index in [1.807, 2.05) is 42.5 Å². The first kappa shape index (κ1) is 23.5. The molecular formula is C23H22N2O5S2. The van der Waals surface area contributed by atoms with Crippen LogP contribution in [0.4, 0.5) is 0 Å². The topological polar surface area (TPSA) is 76.2 Å². The van der Waals surface area contributed by atoms with Gasteiger partial charge in [-0.2, -0.15) is 0 Å². The van der Waals surface area contributed by atoms with E-state index >= 15 is 0 Å². The predicted octanol–water partition coefficient (Wildman–Crippen LogP) is 3.10. The van der Waals surface area contributed by atoms with Gasteiger partial charge in [-0.15, -0.1) is 0 Å². The summed E-state index contributed by atoms with van der Waals surface area (Å²) in [5, 5.41) is 0. The maximum atomic E-state index is 12.7. The Morgan fingerprint density at radius 2 is 1.81 bits per heavy atom. The summed E-state index contributed by atoms with van der Waals surface area (Å²) in [6, 6.07) is 16.7. The third-order valence-electron chi connectivity index (χ3n) is 4.62. The molecule has 9 heteroatoms. The van der Waals surface area contributed by atoms with Crippen LogP contribution in [-0.4, -0.2) is 59.2 Å². The molecule has 166 valence electrons. The number of thiocarbonyl (C=S) groups is 1. The maximum absolute atomic E-state index is 12.7. The highest BCUT2D eigenvalue weighted by molar-refractivity contribution is 8.26. The number of nitrogens with zero attached hydrogens (tertiary/aromatic N) is 2. The summed E-state index contributed by atoms with van der Waals surface area (Å²) in [6.07, 6.45) is 1.70. The molecule has 0 spiro atoms. The zero-order chi connectivity index (χ0) is 23.1. The normalized spacial score (nSPS) is 14.6. The standard InChI is InChI=1S/C23H22N2O5S2/c1-24(13-17-6-4-3-5-7-17)20(26)15-30-21(27)14-25-22(28)19(32-23(25)31)12-16-8-10-18(29-2)11-9-16/h3-12H,13-15H2,1-2H3. The van der Waals surface area contributed by atoms with Crippen LogP contribution >= 0.6 is 24.0 Å². The van der Waals surface area contributed by atoms with Crippen LogP contribution in [0.2, 0.25) is 0 Å². The van der Waals surface area contributed by atoms with Gasteiger partial charge in [-0.05, 0) is 29.3 Å². The molecule has 7 nitrogen and oxygen atoms in total. The lowest BCUT2D eigenvalue weighted by Crippen LogP contribution is -2.36. The summed E-state index contributed by atoms with van der Waals surface area (Å²) < 4.78 is 10.5. The van der Waals surface area contributed by atoms with Crippen molar-refractivity contribution in [1.82, 2.24) is 9.80 Å². The van der Waals surface area contributed by atoms with E-state index < -0.39 is 12.6 Å². The number of hydrogen-bond donors (Lipinski definition) is 0. The van der Waals surface area contributed by atoms with E-state index in [4.69, 9.17) is 21.7 Å². The number of carbonyl (C=O) groups is 3. The second kappa shape index (κ2) is 10.9. The molecule has 1 fully saturated rings. The molecule has 0 aromatic heterocycles. The average Bonchev–Trinajstić information content (AvgIpc) is 3.05. The van der Waals surface area contributed by atoms with Crippen molar-refractivity contribution in [2.75, 3.05) is 27.3 Å². The molecule has 0 radical (unpaired) electrons. The van der Waals surface area contributed by atoms with Crippen LogP contribution in [0.25, 0.3) is 6.08 Å². The number of likely N-dealkylation sites (N-methyl/N-ethyl adjacent to an activating group) is 1. The highest BCUT2D eigenvalue weighted by Gasteiger charge is 2.34.